The number of rotatable bonds is 8. The number of amides is 1. The summed E-state index contributed by atoms with van der Waals surface area (Å²) in [6.45, 7) is 4.63. The van der Waals surface area contributed by atoms with E-state index < -0.39 is 10.0 Å². The van der Waals surface area contributed by atoms with Crippen LogP contribution in [0.15, 0.2) is 23.1 Å². The maximum atomic E-state index is 12.8. The van der Waals surface area contributed by atoms with Crippen LogP contribution < -0.4 is 10.6 Å². The van der Waals surface area contributed by atoms with Crippen LogP contribution in [0.4, 0.5) is 5.69 Å². The number of quaternary nitrogens is 1. The van der Waals surface area contributed by atoms with Crippen LogP contribution in [0.5, 0.6) is 0 Å². The zero-order valence-corrected chi connectivity index (χ0v) is 18.5. The first-order valence-corrected chi connectivity index (χ1v) is 12.1. The Morgan fingerprint density at radius 3 is 2.36 bits per heavy atom. The summed E-state index contributed by atoms with van der Waals surface area (Å²) in [6.07, 6.45) is 8.65. The Balaban J connectivity index is 2.01. The molecule has 0 saturated heterocycles. The molecule has 0 radical (unpaired) electrons. The highest BCUT2D eigenvalue weighted by molar-refractivity contribution is 7.89. The summed E-state index contributed by atoms with van der Waals surface area (Å²) in [4.78, 5) is 12.4. The number of nitrogens with two attached hydrogens (primary N) is 1. The minimum Gasteiger partial charge on any atom is -0.336 e. The van der Waals surface area contributed by atoms with E-state index in [1.54, 1.807) is 19.9 Å². The number of nitrogens with one attached hydrogen (secondary N) is 1. The zero-order chi connectivity index (χ0) is 20.6. The van der Waals surface area contributed by atoms with Gasteiger partial charge in [0.2, 0.25) is 10.0 Å². The average molecular weight is 431 g/mol. The number of benzene rings is 1. The van der Waals surface area contributed by atoms with E-state index in [9.17, 15) is 13.2 Å². The number of hydrogen-bond acceptors (Lipinski definition) is 3. The van der Waals surface area contributed by atoms with E-state index in [1.807, 2.05) is 0 Å². The van der Waals surface area contributed by atoms with Crippen LogP contribution in [0.1, 0.15) is 58.8 Å². The van der Waals surface area contributed by atoms with Crippen molar-refractivity contribution in [2.45, 2.75) is 69.7 Å². The molecule has 0 unspecified atom stereocenters. The second-order valence-electron chi connectivity index (χ2n) is 7.33. The summed E-state index contributed by atoms with van der Waals surface area (Å²) in [5, 5.41) is 5.09. The first-order valence-electron chi connectivity index (χ1n) is 10.3. The molecule has 1 aromatic carbocycles. The number of anilines is 1. The van der Waals surface area contributed by atoms with Crippen molar-refractivity contribution >= 4 is 33.2 Å². The number of carbonyl (C=O) groups is 1. The Morgan fingerprint density at radius 1 is 1.14 bits per heavy atom. The van der Waals surface area contributed by atoms with Crippen molar-refractivity contribution in [2.75, 3.05) is 25.0 Å². The van der Waals surface area contributed by atoms with E-state index >= 15 is 0 Å². The highest BCUT2D eigenvalue weighted by Crippen LogP contribution is 2.27. The minimum absolute atomic E-state index is 0.0275. The third-order valence-corrected chi connectivity index (χ3v) is 7.86. The molecule has 1 fully saturated rings. The van der Waals surface area contributed by atoms with Gasteiger partial charge in [0.1, 0.15) is 4.90 Å². The molecule has 0 aliphatic heterocycles. The van der Waals surface area contributed by atoms with Gasteiger partial charge in [-0.15, -0.1) is 0 Å². The van der Waals surface area contributed by atoms with E-state index in [4.69, 9.17) is 11.6 Å². The Hall–Kier alpha value is -1.15. The molecular weight excluding hydrogens is 398 g/mol. The third-order valence-electron chi connectivity index (χ3n) is 5.32. The number of carbonyl (C=O) groups excluding carboxylic acids is 1. The summed E-state index contributed by atoms with van der Waals surface area (Å²) in [5.41, 5.74) is 0.450. The lowest BCUT2D eigenvalue weighted by atomic mass is 9.97. The van der Waals surface area contributed by atoms with Gasteiger partial charge in [-0.1, -0.05) is 44.7 Å². The van der Waals surface area contributed by atoms with Crippen LogP contribution in [-0.4, -0.2) is 44.3 Å². The summed E-state index contributed by atoms with van der Waals surface area (Å²) in [6, 6.07) is 5.10. The molecule has 1 saturated carbocycles. The van der Waals surface area contributed by atoms with Crippen molar-refractivity contribution in [3.05, 3.63) is 23.2 Å². The van der Waals surface area contributed by atoms with E-state index in [-0.39, 0.29) is 15.8 Å². The molecule has 1 amide bonds. The quantitative estimate of drug-likeness (QED) is 0.665. The van der Waals surface area contributed by atoms with E-state index in [0.29, 0.717) is 31.4 Å². The monoisotopic (exact) mass is 430 g/mol. The first-order chi connectivity index (χ1) is 13.4. The molecule has 2 rings (SSSR count). The van der Waals surface area contributed by atoms with Crippen LogP contribution >= 0.6 is 11.6 Å². The standard InChI is InChI=1S/C20H32ClN3O3S/c1-3-24(4-2)28(26,27)19-14-17(12-13-18(19)21)23-20(25)15-22-16-10-8-6-5-7-9-11-16/h12-14,16,22H,3-11,15H2,1-2H3,(H,23,25)/p+1. The van der Waals surface area contributed by atoms with Crippen LogP contribution in [0, 0.1) is 0 Å². The fraction of sp³-hybridized carbons (Fsp3) is 0.650. The molecule has 0 aromatic heterocycles. The van der Waals surface area contributed by atoms with Gasteiger partial charge in [-0.05, 0) is 43.9 Å². The Bertz CT molecular complexity index is 743. The third kappa shape index (κ3) is 6.44. The van der Waals surface area contributed by atoms with Crippen molar-refractivity contribution in [1.82, 2.24) is 4.31 Å². The van der Waals surface area contributed by atoms with Crippen molar-refractivity contribution < 1.29 is 18.5 Å². The van der Waals surface area contributed by atoms with Gasteiger partial charge in [-0.25, -0.2) is 8.42 Å². The maximum absolute atomic E-state index is 12.8. The van der Waals surface area contributed by atoms with Gasteiger partial charge in [0.05, 0.1) is 11.1 Å². The normalized spacial score (nSPS) is 16.6. The molecule has 0 bridgehead atoms. The largest absolute Gasteiger partial charge is 0.336 e. The predicted octanol–water partition coefficient (Wildman–Crippen LogP) is 2.99. The lowest BCUT2D eigenvalue weighted by Gasteiger charge is -2.20. The molecule has 8 heteroatoms. The van der Waals surface area contributed by atoms with Gasteiger partial charge in [0, 0.05) is 18.8 Å². The number of sulfonamides is 1. The summed E-state index contributed by atoms with van der Waals surface area (Å²) in [5.74, 6) is -0.129. The van der Waals surface area contributed by atoms with Crippen molar-refractivity contribution in [3.63, 3.8) is 0 Å². The molecule has 0 spiro atoms. The molecule has 0 heterocycles. The van der Waals surface area contributed by atoms with E-state index in [2.05, 4.69) is 10.6 Å². The lowest BCUT2D eigenvalue weighted by molar-refractivity contribution is -0.680. The van der Waals surface area contributed by atoms with Gasteiger partial charge in [0.15, 0.2) is 6.54 Å². The Morgan fingerprint density at radius 2 is 1.75 bits per heavy atom. The van der Waals surface area contributed by atoms with Crippen molar-refractivity contribution in [2.24, 2.45) is 0 Å². The lowest BCUT2D eigenvalue weighted by Crippen LogP contribution is -2.91. The number of halogens is 1. The second kappa shape index (κ2) is 11.1. The highest BCUT2D eigenvalue weighted by Gasteiger charge is 2.25. The van der Waals surface area contributed by atoms with Crippen LogP contribution in [0.2, 0.25) is 5.02 Å². The predicted molar refractivity (Wildman–Crippen MR) is 113 cm³/mol. The topological polar surface area (TPSA) is 83.1 Å². The molecule has 3 N–H and O–H groups in total. The van der Waals surface area contributed by atoms with E-state index in [1.165, 1.54) is 48.5 Å². The molecular formula is C20H33ClN3O3S+. The highest BCUT2D eigenvalue weighted by atomic mass is 35.5. The minimum atomic E-state index is -3.68. The maximum Gasteiger partial charge on any atom is 0.279 e. The van der Waals surface area contributed by atoms with E-state index in [0.717, 1.165) is 12.8 Å². The van der Waals surface area contributed by atoms with Crippen molar-refractivity contribution in [1.29, 1.82) is 0 Å². The van der Waals surface area contributed by atoms with Gasteiger partial charge in [-0.2, -0.15) is 4.31 Å². The van der Waals surface area contributed by atoms with Gasteiger partial charge in [0.25, 0.3) is 5.91 Å². The zero-order valence-electron chi connectivity index (χ0n) is 16.9. The van der Waals surface area contributed by atoms with Crippen LogP contribution in [-0.2, 0) is 14.8 Å². The summed E-state index contributed by atoms with van der Waals surface area (Å²) >= 11 is 6.14. The van der Waals surface area contributed by atoms with Crippen LogP contribution in [0.25, 0.3) is 0 Å². The van der Waals surface area contributed by atoms with Gasteiger partial charge < -0.3 is 10.6 Å². The second-order valence-corrected chi connectivity index (χ2v) is 9.64. The molecule has 158 valence electrons. The fourth-order valence-electron chi connectivity index (χ4n) is 3.69. The first kappa shape index (κ1) is 23.1. The SMILES string of the molecule is CCN(CC)S(=O)(=O)c1cc(NC(=O)C[NH2+]C2CCCCCCC2)ccc1Cl. The number of nitrogens with zero attached hydrogens (tertiary/aromatic N) is 1. The summed E-state index contributed by atoms with van der Waals surface area (Å²) < 4.78 is 26.9. The molecule has 1 aliphatic carbocycles. The molecule has 6 nitrogen and oxygen atoms in total. The fourth-order valence-corrected chi connectivity index (χ4v) is 5.65. The Labute approximate surface area is 174 Å². The summed E-state index contributed by atoms with van der Waals surface area (Å²) in [7, 11) is -3.68. The average Bonchev–Trinajstić information content (AvgIpc) is 2.63. The molecule has 28 heavy (non-hydrogen) atoms. The van der Waals surface area contributed by atoms with Crippen molar-refractivity contribution in [3.8, 4) is 0 Å². The number of hydrogen-bond donors (Lipinski definition) is 2. The smallest absolute Gasteiger partial charge is 0.279 e. The molecule has 1 aromatic rings. The van der Waals surface area contributed by atoms with Gasteiger partial charge >= 0.3 is 0 Å². The Kier molecular flexibility index (Phi) is 9.21. The molecule has 0 atom stereocenters. The van der Waals surface area contributed by atoms with Crippen LogP contribution in [0.3, 0.4) is 0 Å². The van der Waals surface area contributed by atoms with Gasteiger partial charge in [-0.3, -0.25) is 4.79 Å². The molecule has 1 aliphatic rings.